The van der Waals surface area contributed by atoms with E-state index in [1.54, 1.807) is 32.4 Å². The Morgan fingerprint density at radius 2 is 2.08 bits per heavy atom. The van der Waals surface area contributed by atoms with Crippen molar-refractivity contribution in [1.29, 1.82) is 0 Å². The van der Waals surface area contributed by atoms with Gasteiger partial charge in [-0.2, -0.15) is 0 Å². The van der Waals surface area contributed by atoms with Gasteiger partial charge in [0, 0.05) is 18.1 Å². The Labute approximate surface area is 77.3 Å². The van der Waals surface area contributed by atoms with Crippen molar-refractivity contribution in [3.8, 4) is 0 Å². The van der Waals surface area contributed by atoms with Gasteiger partial charge in [0.15, 0.2) is 0 Å². The molecule has 0 amide bonds. The second-order valence-electron chi connectivity index (χ2n) is 2.59. The highest BCUT2D eigenvalue weighted by atomic mass is 16.5. The standard InChI is InChI=1S/C10H12O3/c1-12-9-4-3-8(7-11)5-10(6-9)13-2/h3,5-7H,4H2,1-2H3. The average molecular weight is 180 g/mol. The molecular weight excluding hydrogens is 168 g/mol. The summed E-state index contributed by atoms with van der Waals surface area (Å²) in [6.07, 6.45) is 6.67. The third-order valence-electron chi connectivity index (χ3n) is 1.79. The molecule has 0 atom stereocenters. The smallest absolute Gasteiger partial charge is 0.149 e. The maximum atomic E-state index is 10.5. The van der Waals surface area contributed by atoms with E-state index in [1.165, 1.54) is 0 Å². The number of carbonyl (C=O) groups is 1. The topological polar surface area (TPSA) is 35.5 Å². The van der Waals surface area contributed by atoms with Gasteiger partial charge in [-0.1, -0.05) is 6.08 Å². The van der Waals surface area contributed by atoms with Crippen LogP contribution >= 0.6 is 0 Å². The lowest BCUT2D eigenvalue weighted by molar-refractivity contribution is -0.104. The third-order valence-corrected chi connectivity index (χ3v) is 1.79. The van der Waals surface area contributed by atoms with E-state index in [1.807, 2.05) is 0 Å². The van der Waals surface area contributed by atoms with E-state index >= 15 is 0 Å². The average Bonchev–Trinajstić information content (AvgIpc) is 2.39. The van der Waals surface area contributed by atoms with Crippen molar-refractivity contribution >= 4 is 6.29 Å². The molecule has 0 fully saturated rings. The summed E-state index contributed by atoms with van der Waals surface area (Å²) in [6.45, 7) is 0. The first-order valence-electron chi connectivity index (χ1n) is 3.95. The minimum Gasteiger partial charge on any atom is -0.501 e. The first kappa shape index (κ1) is 9.58. The number of rotatable bonds is 3. The minimum absolute atomic E-state index is 0.611. The van der Waals surface area contributed by atoms with E-state index < -0.39 is 0 Å². The number of hydrogen-bond donors (Lipinski definition) is 0. The molecule has 0 saturated heterocycles. The van der Waals surface area contributed by atoms with Crippen LogP contribution in [0.5, 0.6) is 0 Å². The van der Waals surface area contributed by atoms with E-state index in [9.17, 15) is 4.79 Å². The Kier molecular flexibility index (Phi) is 3.31. The van der Waals surface area contributed by atoms with Crippen molar-refractivity contribution in [3.63, 3.8) is 0 Å². The van der Waals surface area contributed by atoms with Crippen LogP contribution in [-0.4, -0.2) is 20.5 Å². The molecule has 70 valence electrons. The van der Waals surface area contributed by atoms with Crippen molar-refractivity contribution in [2.45, 2.75) is 6.42 Å². The highest BCUT2D eigenvalue weighted by Crippen LogP contribution is 2.16. The molecule has 0 saturated carbocycles. The van der Waals surface area contributed by atoms with Crippen LogP contribution in [0.1, 0.15) is 6.42 Å². The zero-order valence-corrected chi connectivity index (χ0v) is 7.74. The fourth-order valence-electron chi connectivity index (χ4n) is 1.04. The first-order chi connectivity index (χ1) is 6.30. The molecule has 0 unspecified atom stereocenters. The first-order valence-corrected chi connectivity index (χ1v) is 3.95. The van der Waals surface area contributed by atoms with Crippen LogP contribution in [0.25, 0.3) is 0 Å². The number of allylic oxidation sites excluding steroid dienone is 4. The summed E-state index contributed by atoms with van der Waals surface area (Å²) in [5, 5.41) is 0. The number of aldehydes is 1. The van der Waals surface area contributed by atoms with Crippen molar-refractivity contribution in [1.82, 2.24) is 0 Å². The van der Waals surface area contributed by atoms with Gasteiger partial charge in [0.25, 0.3) is 0 Å². The van der Waals surface area contributed by atoms with Gasteiger partial charge in [-0.15, -0.1) is 0 Å². The minimum atomic E-state index is 0.611. The Balaban J connectivity index is 2.93. The van der Waals surface area contributed by atoms with Crippen molar-refractivity contribution in [2.75, 3.05) is 14.2 Å². The normalized spacial score (nSPS) is 16.3. The van der Waals surface area contributed by atoms with Gasteiger partial charge in [0.05, 0.1) is 14.2 Å². The van der Waals surface area contributed by atoms with Crippen molar-refractivity contribution in [3.05, 3.63) is 35.3 Å². The number of ether oxygens (including phenoxy) is 2. The van der Waals surface area contributed by atoms with Gasteiger partial charge in [-0.25, -0.2) is 0 Å². The SMILES string of the molecule is COC1=CC(C=O)=CCC(OC)=C1. The number of carbonyl (C=O) groups excluding carboxylic acids is 1. The molecule has 1 aliphatic carbocycles. The second kappa shape index (κ2) is 4.50. The zero-order valence-electron chi connectivity index (χ0n) is 7.74. The monoisotopic (exact) mass is 180 g/mol. The van der Waals surface area contributed by atoms with Crippen LogP contribution in [0.4, 0.5) is 0 Å². The fourth-order valence-corrected chi connectivity index (χ4v) is 1.04. The highest BCUT2D eigenvalue weighted by molar-refractivity contribution is 5.78. The van der Waals surface area contributed by atoms with Crippen molar-refractivity contribution < 1.29 is 14.3 Å². The summed E-state index contributed by atoms with van der Waals surface area (Å²) < 4.78 is 10.1. The van der Waals surface area contributed by atoms with Gasteiger partial charge in [-0.3, -0.25) is 4.79 Å². The molecule has 3 heteroatoms. The van der Waals surface area contributed by atoms with E-state index in [4.69, 9.17) is 9.47 Å². The molecule has 0 radical (unpaired) electrons. The van der Waals surface area contributed by atoms with Crippen LogP contribution in [-0.2, 0) is 14.3 Å². The lowest BCUT2D eigenvalue weighted by Crippen LogP contribution is -1.87. The summed E-state index contributed by atoms with van der Waals surface area (Å²) in [7, 11) is 3.15. The second-order valence-corrected chi connectivity index (χ2v) is 2.59. The maximum absolute atomic E-state index is 10.5. The van der Waals surface area contributed by atoms with Gasteiger partial charge in [-0.05, 0) is 6.08 Å². The molecule has 1 rings (SSSR count). The Morgan fingerprint density at radius 3 is 2.62 bits per heavy atom. The molecule has 0 aliphatic heterocycles. The lowest BCUT2D eigenvalue weighted by Gasteiger charge is -2.02. The Bertz CT molecular complexity index is 285. The summed E-state index contributed by atoms with van der Waals surface area (Å²) in [5.41, 5.74) is 0.611. The molecule has 0 spiro atoms. The van der Waals surface area contributed by atoms with E-state index in [2.05, 4.69) is 0 Å². The van der Waals surface area contributed by atoms with Crippen LogP contribution in [0, 0.1) is 0 Å². The molecule has 1 aliphatic rings. The molecule has 13 heavy (non-hydrogen) atoms. The molecule has 0 bridgehead atoms. The molecule has 0 aromatic heterocycles. The van der Waals surface area contributed by atoms with Crippen LogP contribution in [0.3, 0.4) is 0 Å². The molecule has 0 heterocycles. The van der Waals surface area contributed by atoms with Crippen LogP contribution < -0.4 is 0 Å². The predicted octanol–water partition coefficient (Wildman–Crippen LogP) is 1.58. The molecule has 0 aromatic rings. The summed E-state index contributed by atoms with van der Waals surface area (Å²) in [6, 6.07) is 0. The van der Waals surface area contributed by atoms with E-state index in [-0.39, 0.29) is 0 Å². The van der Waals surface area contributed by atoms with Gasteiger partial charge in [0.1, 0.15) is 17.8 Å². The van der Waals surface area contributed by atoms with Crippen molar-refractivity contribution in [2.24, 2.45) is 0 Å². The quantitative estimate of drug-likeness (QED) is 0.618. The number of hydrogen-bond acceptors (Lipinski definition) is 3. The summed E-state index contributed by atoms with van der Waals surface area (Å²) >= 11 is 0. The Morgan fingerprint density at radius 1 is 1.31 bits per heavy atom. The van der Waals surface area contributed by atoms with Gasteiger partial charge < -0.3 is 9.47 Å². The van der Waals surface area contributed by atoms with Crippen LogP contribution in [0.15, 0.2) is 35.3 Å². The van der Waals surface area contributed by atoms with Gasteiger partial charge >= 0.3 is 0 Å². The molecule has 3 nitrogen and oxygen atoms in total. The largest absolute Gasteiger partial charge is 0.501 e. The third kappa shape index (κ3) is 2.47. The van der Waals surface area contributed by atoms with E-state index in [0.29, 0.717) is 17.8 Å². The lowest BCUT2D eigenvalue weighted by atomic mass is 10.2. The fraction of sp³-hybridized carbons (Fsp3) is 0.300. The number of methoxy groups -OCH3 is 2. The maximum Gasteiger partial charge on any atom is 0.149 e. The Hall–Kier alpha value is -1.51. The predicted molar refractivity (Wildman–Crippen MR) is 48.9 cm³/mol. The van der Waals surface area contributed by atoms with Gasteiger partial charge in [0.2, 0.25) is 0 Å². The summed E-state index contributed by atoms with van der Waals surface area (Å²) in [4.78, 5) is 10.5. The molecule has 0 aromatic carbocycles. The zero-order chi connectivity index (χ0) is 9.68. The summed E-state index contributed by atoms with van der Waals surface area (Å²) in [5.74, 6) is 1.41. The highest BCUT2D eigenvalue weighted by Gasteiger charge is 2.04. The van der Waals surface area contributed by atoms with Crippen LogP contribution in [0.2, 0.25) is 0 Å². The van der Waals surface area contributed by atoms with E-state index in [0.717, 1.165) is 12.0 Å². The molecule has 0 N–H and O–H groups in total. The molecular formula is C10H12O3.